The summed E-state index contributed by atoms with van der Waals surface area (Å²) in [7, 11) is 0. The SMILES string of the molecule is Cc1cnn(C2CCN(C(=O)c3cc4ccccn4c3)C2)c1. The number of carbonyl (C=O) groups excluding carboxylic acids is 1. The molecule has 0 bridgehead atoms. The highest BCUT2D eigenvalue weighted by Gasteiger charge is 2.28. The molecule has 1 aliphatic heterocycles. The van der Waals surface area contributed by atoms with Crippen LogP contribution in [0.15, 0.2) is 49.1 Å². The molecule has 22 heavy (non-hydrogen) atoms. The van der Waals surface area contributed by atoms with Crippen LogP contribution in [0.5, 0.6) is 0 Å². The number of nitrogens with zero attached hydrogens (tertiary/aromatic N) is 4. The first-order valence-corrected chi connectivity index (χ1v) is 7.57. The zero-order chi connectivity index (χ0) is 15.1. The Kier molecular flexibility index (Phi) is 2.99. The molecular weight excluding hydrogens is 276 g/mol. The van der Waals surface area contributed by atoms with Gasteiger partial charge >= 0.3 is 0 Å². The maximum atomic E-state index is 12.7. The third-order valence-corrected chi connectivity index (χ3v) is 4.31. The number of hydrogen-bond acceptors (Lipinski definition) is 2. The van der Waals surface area contributed by atoms with Crippen LogP contribution in [0.3, 0.4) is 0 Å². The van der Waals surface area contributed by atoms with E-state index in [0.29, 0.717) is 0 Å². The van der Waals surface area contributed by atoms with Crippen molar-refractivity contribution in [3.05, 3.63) is 60.2 Å². The Bertz CT molecular complexity index is 799. The van der Waals surface area contributed by atoms with E-state index in [2.05, 4.69) is 5.10 Å². The maximum Gasteiger partial charge on any atom is 0.255 e. The Morgan fingerprint density at radius 3 is 3.00 bits per heavy atom. The Balaban J connectivity index is 1.53. The predicted molar refractivity (Wildman–Crippen MR) is 83.9 cm³/mol. The van der Waals surface area contributed by atoms with E-state index in [1.54, 1.807) is 0 Å². The quantitative estimate of drug-likeness (QED) is 0.729. The molecule has 0 radical (unpaired) electrons. The summed E-state index contributed by atoms with van der Waals surface area (Å²) >= 11 is 0. The van der Waals surface area contributed by atoms with Crippen LogP contribution in [-0.4, -0.2) is 38.1 Å². The second-order valence-corrected chi connectivity index (χ2v) is 5.95. The summed E-state index contributed by atoms with van der Waals surface area (Å²) in [6.07, 6.45) is 8.74. The van der Waals surface area contributed by atoms with Gasteiger partial charge in [0.25, 0.3) is 5.91 Å². The Morgan fingerprint density at radius 2 is 2.23 bits per heavy atom. The largest absolute Gasteiger partial charge is 0.336 e. The van der Waals surface area contributed by atoms with Crippen molar-refractivity contribution in [1.82, 2.24) is 19.1 Å². The number of hydrogen-bond donors (Lipinski definition) is 0. The number of aryl methyl sites for hydroxylation is 1. The van der Waals surface area contributed by atoms with E-state index >= 15 is 0 Å². The van der Waals surface area contributed by atoms with Crippen LogP contribution in [0.4, 0.5) is 0 Å². The van der Waals surface area contributed by atoms with Gasteiger partial charge in [0, 0.05) is 37.2 Å². The molecule has 0 saturated carbocycles. The second-order valence-electron chi connectivity index (χ2n) is 5.95. The number of amides is 1. The number of carbonyl (C=O) groups is 1. The van der Waals surface area contributed by atoms with Gasteiger partial charge in [0.1, 0.15) is 0 Å². The van der Waals surface area contributed by atoms with Crippen molar-refractivity contribution in [2.24, 2.45) is 0 Å². The smallest absolute Gasteiger partial charge is 0.255 e. The van der Waals surface area contributed by atoms with E-state index in [1.165, 1.54) is 0 Å². The molecule has 1 aliphatic rings. The molecule has 1 amide bonds. The predicted octanol–water partition coefficient (Wildman–Crippen LogP) is 2.53. The molecule has 3 aromatic heterocycles. The summed E-state index contributed by atoms with van der Waals surface area (Å²) < 4.78 is 3.97. The van der Waals surface area contributed by atoms with Crippen molar-refractivity contribution in [1.29, 1.82) is 0 Å². The van der Waals surface area contributed by atoms with Gasteiger partial charge in [0.15, 0.2) is 0 Å². The molecule has 0 aliphatic carbocycles. The van der Waals surface area contributed by atoms with Crippen LogP contribution in [0.25, 0.3) is 5.52 Å². The van der Waals surface area contributed by atoms with Crippen molar-refractivity contribution < 1.29 is 4.79 Å². The van der Waals surface area contributed by atoms with Gasteiger partial charge in [-0.25, -0.2) is 0 Å². The van der Waals surface area contributed by atoms with Gasteiger partial charge in [0.2, 0.25) is 0 Å². The summed E-state index contributed by atoms with van der Waals surface area (Å²) in [5.74, 6) is 0.107. The van der Waals surface area contributed by atoms with E-state index in [-0.39, 0.29) is 11.9 Å². The zero-order valence-corrected chi connectivity index (χ0v) is 12.5. The highest BCUT2D eigenvalue weighted by molar-refractivity contribution is 5.95. The highest BCUT2D eigenvalue weighted by Crippen LogP contribution is 2.23. The minimum Gasteiger partial charge on any atom is -0.336 e. The van der Waals surface area contributed by atoms with Crippen LogP contribution in [0, 0.1) is 6.92 Å². The molecule has 4 heterocycles. The molecule has 112 valence electrons. The Morgan fingerprint density at radius 1 is 1.32 bits per heavy atom. The summed E-state index contributed by atoms with van der Waals surface area (Å²) in [6.45, 7) is 3.55. The molecule has 1 saturated heterocycles. The van der Waals surface area contributed by atoms with Crippen LogP contribution in [-0.2, 0) is 0 Å². The summed E-state index contributed by atoms with van der Waals surface area (Å²) in [6, 6.07) is 8.20. The summed E-state index contributed by atoms with van der Waals surface area (Å²) in [5, 5.41) is 4.37. The van der Waals surface area contributed by atoms with Crippen LogP contribution >= 0.6 is 0 Å². The Labute approximate surface area is 128 Å². The molecule has 0 spiro atoms. The average molecular weight is 294 g/mol. The van der Waals surface area contributed by atoms with Crippen molar-refractivity contribution in [2.45, 2.75) is 19.4 Å². The normalized spacial score (nSPS) is 18.2. The van der Waals surface area contributed by atoms with Gasteiger partial charge in [0.05, 0.1) is 17.8 Å². The fourth-order valence-corrected chi connectivity index (χ4v) is 3.13. The number of rotatable bonds is 2. The van der Waals surface area contributed by atoms with Crippen molar-refractivity contribution >= 4 is 11.4 Å². The standard InChI is InChI=1S/C17H18N4O/c1-13-9-18-21(10-13)16-5-7-20(12-16)17(22)14-8-15-4-2-3-6-19(15)11-14/h2-4,6,8-11,16H,5,7,12H2,1H3. The highest BCUT2D eigenvalue weighted by atomic mass is 16.2. The number of pyridine rings is 1. The molecule has 1 unspecified atom stereocenters. The topological polar surface area (TPSA) is 42.5 Å². The van der Waals surface area contributed by atoms with Gasteiger partial charge in [-0.05, 0) is 37.1 Å². The molecule has 3 aromatic rings. The lowest BCUT2D eigenvalue weighted by Gasteiger charge is -2.15. The lowest BCUT2D eigenvalue weighted by Crippen LogP contribution is -2.28. The lowest BCUT2D eigenvalue weighted by molar-refractivity contribution is 0.0787. The van der Waals surface area contributed by atoms with Crippen LogP contribution in [0.2, 0.25) is 0 Å². The van der Waals surface area contributed by atoms with Gasteiger partial charge in [-0.15, -0.1) is 0 Å². The van der Waals surface area contributed by atoms with E-state index in [9.17, 15) is 4.79 Å². The molecule has 4 rings (SSSR count). The third-order valence-electron chi connectivity index (χ3n) is 4.31. The van der Waals surface area contributed by atoms with Crippen LogP contribution in [0.1, 0.15) is 28.4 Å². The molecule has 0 aromatic carbocycles. The first-order valence-electron chi connectivity index (χ1n) is 7.57. The maximum absolute atomic E-state index is 12.7. The van der Waals surface area contributed by atoms with Gasteiger partial charge in [-0.1, -0.05) is 6.07 Å². The molecule has 5 heteroatoms. The fraction of sp³-hybridized carbons (Fsp3) is 0.294. The molecule has 1 fully saturated rings. The van der Waals surface area contributed by atoms with E-state index in [1.807, 2.05) is 70.0 Å². The zero-order valence-electron chi connectivity index (χ0n) is 12.5. The van der Waals surface area contributed by atoms with Crippen LogP contribution < -0.4 is 0 Å². The minimum absolute atomic E-state index is 0.107. The lowest BCUT2D eigenvalue weighted by atomic mass is 10.2. The molecular formula is C17H18N4O. The van der Waals surface area contributed by atoms with Gasteiger partial charge < -0.3 is 9.30 Å². The number of fused-ring (bicyclic) bond motifs is 1. The number of likely N-dealkylation sites (tertiary alicyclic amines) is 1. The Hall–Kier alpha value is -2.56. The molecule has 0 N–H and O–H groups in total. The van der Waals surface area contributed by atoms with Crippen molar-refractivity contribution in [2.75, 3.05) is 13.1 Å². The third kappa shape index (κ3) is 2.19. The fourth-order valence-electron chi connectivity index (χ4n) is 3.13. The van der Waals surface area contributed by atoms with Gasteiger partial charge in [-0.3, -0.25) is 9.48 Å². The molecule has 5 nitrogen and oxygen atoms in total. The summed E-state index contributed by atoms with van der Waals surface area (Å²) in [5.41, 5.74) is 2.95. The molecule has 1 atom stereocenters. The van der Waals surface area contributed by atoms with E-state index in [0.717, 1.165) is 36.2 Å². The average Bonchev–Trinajstić information content (AvgIpc) is 3.24. The second kappa shape index (κ2) is 5.02. The van der Waals surface area contributed by atoms with E-state index < -0.39 is 0 Å². The van der Waals surface area contributed by atoms with Crippen molar-refractivity contribution in [3.63, 3.8) is 0 Å². The van der Waals surface area contributed by atoms with Gasteiger partial charge in [-0.2, -0.15) is 5.10 Å². The van der Waals surface area contributed by atoms with E-state index in [4.69, 9.17) is 0 Å². The number of aromatic nitrogens is 3. The summed E-state index contributed by atoms with van der Waals surface area (Å²) in [4.78, 5) is 14.6. The van der Waals surface area contributed by atoms with Crippen molar-refractivity contribution in [3.8, 4) is 0 Å². The first kappa shape index (κ1) is 13.1. The minimum atomic E-state index is 0.107. The monoisotopic (exact) mass is 294 g/mol. The first-order chi connectivity index (χ1) is 10.7.